The Balaban J connectivity index is 3.29. The first-order valence-corrected chi connectivity index (χ1v) is 5.47. The Hall–Kier alpha value is 1.29. The van der Waals surface area contributed by atoms with Crippen molar-refractivity contribution in [1.29, 1.82) is 0 Å². The molecule has 0 amide bonds. The van der Waals surface area contributed by atoms with Crippen LogP contribution in [-0.4, -0.2) is 0 Å². The third kappa shape index (κ3) is 1.65. The Morgan fingerprint density at radius 3 is 2.11 bits per heavy atom. The monoisotopic (exact) mass is 288 g/mol. The maximum atomic E-state index is 2.75. The smallest absolute Gasteiger partial charge is 0.0344 e. The molecular formula is C5H7IP2S. The van der Waals surface area contributed by atoms with Crippen LogP contribution in [0.5, 0.6) is 0 Å². The van der Waals surface area contributed by atoms with Gasteiger partial charge in [0.25, 0.3) is 0 Å². The summed E-state index contributed by atoms with van der Waals surface area (Å²) in [7, 11) is 5.48. The van der Waals surface area contributed by atoms with Crippen LogP contribution in [0.3, 0.4) is 0 Å². The molecule has 0 saturated heterocycles. The van der Waals surface area contributed by atoms with Gasteiger partial charge in [-0.1, -0.05) is 9.24 Å². The fraction of sp³-hybridized carbons (Fsp3) is 0.200. The van der Waals surface area contributed by atoms with E-state index in [1.807, 2.05) is 11.3 Å². The number of aryl methyl sites for hydroxylation is 1. The summed E-state index contributed by atoms with van der Waals surface area (Å²) >= 11 is 4.20. The normalized spacial score (nSPS) is 10.2. The third-order valence-electron chi connectivity index (χ3n) is 1.07. The van der Waals surface area contributed by atoms with Gasteiger partial charge in [0.15, 0.2) is 0 Å². The average molecular weight is 288 g/mol. The van der Waals surface area contributed by atoms with Gasteiger partial charge in [-0.25, -0.2) is 0 Å². The molecule has 1 rings (SSSR count). The minimum Gasteiger partial charge on any atom is -0.140 e. The lowest BCUT2D eigenvalue weighted by atomic mass is 10.5. The van der Waals surface area contributed by atoms with Gasteiger partial charge in [-0.2, -0.15) is 0 Å². The van der Waals surface area contributed by atoms with Crippen LogP contribution < -0.4 is 9.92 Å². The summed E-state index contributed by atoms with van der Waals surface area (Å²) in [5, 5.41) is 1.34. The van der Waals surface area contributed by atoms with E-state index in [9.17, 15) is 0 Å². The molecule has 0 fully saturated rings. The Morgan fingerprint density at radius 1 is 1.44 bits per heavy atom. The fourth-order valence-electron chi connectivity index (χ4n) is 0.563. The molecule has 50 valence electrons. The van der Waals surface area contributed by atoms with Crippen molar-refractivity contribution in [2.24, 2.45) is 0 Å². The average Bonchev–Trinajstić information content (AvgIpc) is 1.98. The summed E-state index contributed by atoms with van der Waals surface area (Å²) in [6, 6.07) is 0. The van der Waals surface area contributed by atoms with E-state index >= 15 is 0 Å². The van der Waals surface area contributed by atoms with Gasteiger partial charge in [0.1, 0.15) is 0 Å². The largest absolute Gasteiger partial charge is 0.140 e. The minimum atomic E-state index is 1.34. The van der Waals surface area contributed by atoms with Crippen molar-refractivity contribution in [3.63, 3.8) is 0 Å². The van der Waals surface area contributed by atoms with E-state index in [-0.39, 0.29) is 0 Å². The quantitative estimate of drug-likeness (QED) is 0.503. The maximum absolute atomic E-state index is 2.75. The molecular weight excluding hydrogens is 281 g/mol. The van der Waals surface area contributed by atoms with Crippen molar-refractivity contribution in [3.05, 3.63) is 8.45 Å². The van der Waals surface area contributed by atoms with Gasteiger partial charge in [0.2, 0.25) is 0 Å². The van der Waals surface area contributed by atoms with E-state index in [4.69, 9.17) is 0 Å². The van der Waals surface area contributed by atoms with E-state index in [0.717, 1.165) is 0 Å². The van der Waals surface area contributed by atoms with Crippen LogP contribution in [0.2, 0.25) is 0 Å². The van der Waals surface area contributed by atoms with E-state index in [1.54, 1.807) is 0 Å². The first-order chi connectivity index (χ1) is 4.13. The van der Waals surface area contributed by atoms with E-state index in [2.05, 4.69) is 48.0 Å². The summed E-state index contributed by atoms with van der Waals surface area (Å²) in [5.74, 6) is 0. The molecule has 0 N–H and O–H groups in total. The van der Waals surface area contributed by atoms with Gasteiger partial charge < -0.3 is 0 Å². The number of hydrogen-bond acceptors (Lipinski definition) is 1. The number of thiophene rings is 1. The topological polar surface area (TPSA) is 0 Å². The zero-order valence-corrected chi connectivity index (χ0v) is 10.2. The second kappa shape index (κ2) is 3.13. The molecule has 0 radical (unpaired) electrons. The van der Waals surface area contributed by atoms with Crippen molar-refractivity contribution in [1.82, 2.24) is 0 Å². The van der Waals surface area contributed by atoms with Gasteiger partial charge in [-0.3, -0.25) is 0 Å². The highest BCUT2D eigenvalue weighted by Crippen LogP contribution is 2.17. The predicted octanol–water partition coefficient (Wildman–Crippen LogP) is 1.66. The van der Waals surface area contributed by atoms with Gasteiger partial charge in [0, 0.05) is 18.4 Å². The Labute approximate surface area is 77.4 Å². The molecule has 0 aliphatic carbocycles. The van der Waals surface area contributed by atoms with E-state index in [1.165, 1.54) is 18.4 Å². The Morgan fingerprint density at radius 2 is 2.00 bits per heavy atom. The second-order valence-electron chi connectivity index (χ2n) is 1.75. The van der Waals surface area contributed by atoms with Crippen molar-refractivity contribution in [2.75, 3.05) is 0 Å². The summed E-state index contributed by atoms with van der Waals surface area (Å²) in [4.78, 5) is 1.41. The van der Waals surface area contributed by atoms with Crippen LogP contribution in [0.1, 0.15) is 4.88 Å². The van der Waals surface area contributed by atoms with Crippen molar-refractivity contribution < 1.29 is 0 Å². The van der Waals surface area contributed by atoms with Gasteiger partial charge >= 0.3 is 0 Å². The Kier molecular flexibility index (Phi) is 2.91. The molecule has 1 heterocycles. The zero-order valence-electron chi connectivity index (χ0n) is 4.94. The minimum absolute atomic E-state index is 1.34. The third-order valence-corrected chi connectivity index (χ3v) is 6.17. The lowest BCUT2D eigenvalue weighted by Gasteiger charge is -1.86. The molecule has 0 spiro atoms. The van der Waals surface area contributed by atoms with Crippen LogP contribution in [0.15, 0.2) is 0 Å². The molecule has 4 heteroatoms. The van der Waals surface area contributed by atoms with E-state index in [0.29, 0.717) is 0 Å². The van der Waals surface area contributed by atoms with E-state index < -0.39 is 0 Å². The van der Waals surface area contributed by atoms with Crippen molar-refractivity contribution in [2.45, 2.75) is 6.92 Å². The van der Waals surface area contributed by atoms with Crippen molar-refractivity contribution in [3.8, 4) is 0 Å². The van der Waals surface area contributed by atoms with Crippen LogP contribution in [0.4, 0.5) is 0 Å². The molecule has 2 unspecified atom stereocenters. The molecule has 0 aliphatic heterocycles. The summed E-state index contributed by atoms with van der Waals surface area (Å²) in [5.41, 5.74) is 0. The van der Waals surface area contributed by atoms with Crippen LogP contribution in [-0.2, 0) is 0 Å². The predicted molar refractivity (Wildman–Crippen MR) is 60.5 cm³/mol. The molecule has 9 heavy (non-hydrogen) atoms. The fourth-order valence-corrected chi connectivity index (χ4v) is 3.57. The second-order valence-corrected chi connectivity index (χ2v) is 5.66. The first-order valence-electron chi connectivity index (χ1n) is 2.42. The molecule has 1 aromatic heterocycles. The highest BCUT2D eigenvalue weighted by molar-refractivity contribution is 14.1. The highest BCUT2D eigenvalue weighted by Gasteiger charge is 2.04. The standard InChI is InChI=1S/C5H7IP2S/c1-2-3(6)4(7)5(8)9-2/h7-8H2,1H3. The maximum Gasteiger partial charge on any atom is 0.0344 e. The summed E-state index contributed by atoms with van der Waals surface area (Å²) < 4.78 is 2.72. The highest BCUT2D eigenvalue weighted by atomic mass is 127. The molecule has 0 bridgehead atoms. The van der Waals surface area contributed by atoms with Gasteiger partial charge in [0.05, 0.1) is 0 Å². The zero-order chi connectivity index (χ0) is 7.02. The number of rotatable bonds is 0. The van der Waals surface area contributed by atoms with Crippen molar-refractivity contribution >= 4 is 62.3 Å². The van der Waals surface area contributed by atoms with Crippen LogP contribution >= 0.6 is 52.4 Å². The molecule has 1 aromatic rings. The lowest BCUT2D eigenvalue weighted by Crippen LogP contribution is -2.04. The lowest BCUT2D eigenvalue weighted by molar-refractivity contribution is 1.61. The molecule has 2 atom stereocenters. The Bertz CT molecular complexity index is 209. The summed E-state index contributed by atoms with van der Waals surface area (Å²) in [6.07, 6.45) is 0. The number of hydrogen-bond donors (Lipinski definition) is 0. The van der Waals surface area contributed by atoms with Gasteiger partial charge in [-0.15, -0.1) is 20.6 Å². The van der Waals surface area contributed by atoms with Crippen LogP contribution in [0.25, 0.3) is 0 Å². The number of halogens is 1. The molecule has 0 saturated carbocycles. The summed E-state index contributed by atoms with van der Waals surface area (Å²) in [6.45, 7) is 2.15. The molecule has 0 aliphatic rings. The SMILES string of the molecule is Cc1sc(P)c(P)c1I. The van der Waals surface area contributed by atoms with Gasteiger partial charge in [-0.05, 0) is 29.5 Å². The van der Waals surface area contributed by atoms with Crippen LogP contribution in [0, 0.1) is 10.5 Å². The molecule has 0 nitrogen and oxygen atoms in total. The first kappa shape index (κ1) is 8.39. The molecule has 0 aromatic carbocycles.